The molecule has 1 atom stereocenters. The molecule has 2 N–H and O–H groups in total. The van der Waals surface area contributed by atoms with E-state index in [2.05, 4.69) is 5.32 Å². The Labute approximate surface area is 123 Å². The van der Waals surface area contributed by atoms with Gasteiger partial charge in [-0.1, -0.05) is 23.8 Å². The largest absolute Gasteiger partial charge is 0.388 e. The van der Waals surface area contributed by atoms with Crippen molar-refractivity contribution in [2.24, 2.45) is 0 Å². The molecule has 0 aliphatic rings. The molecule has 1 heterocycles. The van der Waals surface area contributed by atoms with Crippen LogP contribution in [0.2, 0.25) is 0 Å². The Morgan fingerprint density at radius 2 is 2.15 bits per heavy atom. The number of rotatable bonds is 5. The van der Waals surface area contributed by atoms with Crippen molar-refractivity contribution in [3.8, 4) is 0 Å². The highest BCUT2D eigenvalue weighted by Gasteiger charge is 2.11. The Morgan fingerprint density at radius 1 is 1.35 bits per heavy atom. The number of aryl methyl sites for hydroxylation is 2. The van der Waals surface area contributed by atoms with Crippen LogP contribution in [-0.2, 0) is 0 Å². The molecule has 0 spiro atoms. The molecule has 1 aromatic carbocycles. The zero-order valence-electron chi connectivity index (χ0n) is 11.7. The Bertz CT molecular complexity index is 578. The number of nitrogens with one attached hydrogen (secondary N) is 1. The van der Waals surface area contributed by atoms with E-state index in [4.69, 9.17) is 0 Å². The second-order valence-electron chi connectivity index (χ2n) is 4.89. The molecule has 1 amide bonds. The smallest absolute Gasteiger partial charge is 0.251 e. The van der Waals surface area contributed by atoms with Crippen molar-refractivity contribution in [2.45, 2.75) is 26.4 Å². The summed E-state index contributed by atoms with van der Waals surface area (Å²) >= 11 is 1.53. The molecule has 0 bridgehead atoms. The average molecular weight is 289 g/mol. The summed E-state index contributed by atoms with van der Waals surface area (Å²) < 4.78 is 0. The van der Waals surface area contributed by atoms with Crippen LogP contribution in [0.1, 0.15) is 38.9 Å². The van der Waals surface area contributed by atoms with E-state index >= 15 is 0 Å². The summed E-state index contributed by atoms with van der Waals surface area (Å²) in [4.78, 5) is 13.0. The quantitative estimate of drug-likeness (QED) is 0.888. The third-order valence-electron chi connectivity index (χ3n) is 3.20. The van der Waals surface area contributed by atoms with Crippen LogP contribution >= 0.6 is 11.3 Å². The van der Waals surface area contributed by atoms with Gasteiger partial charge in [-0.3, -0.25) is 4.79 Å². The van der Waals surface area contributed by atoms with Crippen LogP contribution in [-0.4, -0.2) is 17.6 Å². The monoisotopic (exact) mass is 289 g/mol. The van der Waals surface area contributed by atoms with Crippen LogP contribution in [0.5, 0.6) is 0 Å². The van der Waals surface area contributed by atoms with E-state index in [-0.39, 0.29) is 5.91 Å². The molecule has 20 heavy (non-hydrogen) atoms. The highest BCUT2D eigenvalue weighted by molar-refractivity contribution is 7.10. The first-order valence-electron chi connectivity index (χ1n) is 6.65. The van der Waals surface area contributed by atoms with Crippen molar-refractivity contribution >= 4 is 17.2 Å². The van der Waals surface area contributed by atoms with Crippen LogP contribution in [0.3, 0.4) is 0 Å². The van der Waals surface area contributed by atoms with Crippen molar-refractivity contribution in [3.05, 3.63) is 57.3 Å². The van der Waals surface area contributed by atoms with Crippen molar-refractivity contribution in [2.75, 3.05) is 6.54 Å². The van der Waals surface area contributed by atoms with Crippen molar-refractivity contribution in [1.82, 2.24) is 5.32 Å². The van der Waals surface area contributed by atoms with Crippen LogP contribution in [0.25, 0.3) is 0 Å². The average Bonchev–Trinajstić information content (AvgIpc) is 2.92. The van der Waals surface area contributed by atoms with Gasteiger partial charge in [-0.15, -0.1) is 11.3 Å². The Kier molecular flexibility index (Phi) is 4.93. The molecule has 0 saturated carbocycles. The molecule has 1 unspecified atom stereocenters. The Hall–Kier alpha value is -1.65. The predicted molar refractivity (Wildman–Crippen MR) is 82.1 cm³/mol. The standard InChI is InChI=1S/C16H19NO2S/c1-11-5-6-13(12(2)10-11)16(19)17-8-7-14(18)15-4-3-9-20-15/h3-6,9-10,14,18H,7-8H2,1-2H3,(H,17,19). The highest BCUT2D eigenvalue weighted by atomic mass is 32.1. The van der Waals surface area contributed by atoms with Gasteiger partial charge in [0.15, 0.2) is 0 Å². The van der Waals surface area contributed by atoms with Crippen LogP contribution in [0, 0.1) is 13.8 Å². The van der Waals surface area contributed by atoms with Crippen LogP contribution < -0.4 is 5.32 Å². The maximum atomic E-state index is 12.1. The van der Waals surface area contributed by atoms with Gasteiger partial charge in [-0.25, -0.2) is 0 Å². The molecule has 0 aliphatic carbocycles. The van der Waals surface area contributed by atoms with Gasteiger partial charge in [0, 0.05) is 17.0 Å². The summed E-state index contributed by atoms with van der Waals surface area (Å²) in [6, 6.07) is 9.59. The molecule has 0 fully saturated rings. The van der Waals surface area contributed by atoms with Gasteiger partial charge in [0.2, 0.25) is 0 Å². The number of aliphatic hydroxyl groups is 1. The predicted octanol–water partition coefficient (Wildman–Crippen LogP) is 3.22. The van der Waals surface area contributed by atoms with Gasteiger partial charge >= 0.3 is 0 Å². The molecule has 3 nitrogen and oxygen atoms in total. The lowest BCUT2D eigenvalue weighted by molar-refractivity contribution is 0.0942. The van der Waals surface area contributed by atoms with E-state index in [0.717, 1.165) is 16.0 Å². The fraction of sp³-hybridized carbons (Fsp3) is 0.312. The minimum Gasteiger partial charge on any atom is -0.388 e. The van der Waals surface area contributed by atoms with E-state index in [1.165, 1.54) is 11.3 Å². The van der Waals surface area contributed by atoms with E-state index in [1.54, 1.807) is 0 Å². The summed E-state index contributed by atoms with van der Waals surface area (Å²) in [6.07, 6.45) is 0.0198. The maximum Gasteiger partial charge on any atom is 0.251 e. The minimum atomic E-state index is -0.505. The number of carbonyl (C=O) groups is 1. The molecule has 106 valence electrons. The van der Waals surface area contributed by atoms with Gasteiger partial charge < -0.3 is 10.4 Å². The number of thiophene rings is 1. The third-order valence-corrected chi connectivity index (χ3v) is 4.18. The third kappa shape index (κ3) is 3.68. The highest BCUT2D eigenvalue weighted by Crippen LogP contribution is 2.21. The number of benzene rings is 1. The summed E-state index contributed by atoms with van der Waals surface area (Å²) in [5, 5.41) is 14.7. The first kappa shape index (κ1) is 14.8. The molecule has 4 heteroatoms. The summed E-state index contributed by atoms with van der Waals surface area (Å²) in [5.74, 6) is -0.0825. The normalized spacial score (nSPS) is 12.2. The summed E-state index contributed by atoms with van der Waals surface area (Å²) in [5.41, 5.74) is 2.81. The first-order chi connectivity index (χ1) is 9.58. The molecule has 0 saturated heterocycles. The number of amides is 1. The van der Waals surface area contributed by atoms with E-state index in [0.29, 0.717) is 18.5 Å². The number of aliphatic hydroxyl groups excluding tert-OH is 1. The lowest BCUT2D eigenvalue weighted by Crippen LogP contribution is -2.26. The van der Waals surface area contributed by atoms with Gasteiger partial charge in [0.25, 0.3) is 5.91 Å². The molecule has 2 aromatic rings. The number of hydrogen-bond acceptors (Lipinski definition) is 3. The Balaban J connectivity index is 1.86. The van der Waals surface area contributed by atoms with Crippen molar-refractivity contribution in [3.63, 3.8) is 0 Å². The van der Waals surface area contributed by atoms with Crippen molar-refractivity contribution in [1.29, 1.82) is 0 Å². The fourth-order valence-corrected chi connectivity index (χ4v) is 2.86. The molecule has 1 aromatic heterocycles. The zero-order valence-corrected chi connectivity index (χ0v) is 12.5. The van der Waals surface area contributed by atoms with Gasteiger partial charge in [0.05, 0.1) is 6.10 Å². The van der Waals surface area contributed by atoms with E-state index < -0.39 is 6.10 Å². The van der Waals surface area contributed by atoms with Gasteiger partial charge in [-0.2, -0.15) is 0 Å². The molecule has 0 radical (unpaired) electrons. The minimum absolute atomic E-state index is 0.0825. The van der Waals surface area contributed by atoms with Crippen LogP contribution in [0.4, 0.5) is 0 Å². The van der Waals surface area contributed by atoms with Crippen molar-refractivity contribution < 1.29 is 9.90 Å². The topological polar surface area (TPSA) is 49.3 Å². The number of hydrogen-bond donors (Lipinski definition) is 2. The molecule has 0 aliphatic heterocycles. The van der Waals surface area contributed by atoms with E-state index in [1.807, 2.05) is 49.6 Å². The second kappa shape index (κ2) is 6.68. The summed E-state index contributed by atoms with van der Waals surface area (Å²) in [7, 11) is 0. The lowest BCUT2D eigenvalue weighted by Gasteiger charge is -2.11. The van der Waals surface area contributed by atoms with Gasteiger partial charge in [0.1, 0.15) is 0 Å². The molecular weight excluding hydrogens is 270 g/mol. The summed E-state index contributed by atoms with van der Waals surface area (Å²) in [6.45, 7) is 4.40. The number of carbonyl (C=O) groups excluding carboxylic acids is 1. The van der Waals surface area contributed by atoms with Crippen LogP contribution in [0.15, 0.2) is 35.7 Å². The van der Waals surface area contributed by atoms with Gasteiger partial charge in [-0.05, 0) is 43.3 Å². The Morgan fingerprint density at radius 3 is 2.80 bits per heavy atom. The second-order valence-corrected chi connectivity index (χ2v) is 5.87. The SMILES string of the molecule is Cc1ccc(C(=O)NCCC(O)c2cccs2)c(C)c1. The molecular formula is C16H19NO2S. The van der Waals surface area contributed by atoms with E-state index in [9.17, 15) is 9.90 Å². The maximum absolute atomic E-state index is 12.1. The first-order valence-corrected chi connectivity index (χ1v) is 7.53. The lowest BCUT2D eigenvalue weighted by atomic mass is 10.1. The molecule has 2 rings (SSSR count). The fourth-order valence-electron chi connectivity index (χ4n) is 2.11. The zero-order chi connectivity index (χ0) is 14.5.